The van der Waals surface area contributed by atoms with Crippen molar-refractivity contribution in [3.63, 3.8) is 0 Å². The molecule has 3 atom stereocenters. The summed E-state index contributed by atoms with van der Waals surface area (Å²) in [4.78, 5) is 54.7. The maximum Gasteiger partial charge on any atom is 0.429 e. The molecule has 1 unspecified atom stereocenters. The van der Waals surface area contributed by atoms with E-state index < -0.39 is 41.6 Å². The fourth-order valence-corrected chi connectivity index (χ4v) is 4.72. The molecule has 232 valence electrons. The maximum absolute atomic E-state index is 13.9. The van der Waals surface area contributed by atoms with Crippen LogP contribution in [0.3, 0.4) is 0 Å². The lowest BCUT2D eigenvalue weighted by molar-refractivity contribution is -0.129. The van der Waals surface area contributed by atoms with E-state index in [1.165, 1.54) is 0 Å². The van der Waals surface area contributed by atoms with Crippen molar-refractivity contribution >= 4 is 23.7 Å². The molecule has 9 nitrogen and oxygen atoms in total. The van der Waals surface area contributed by atoms with Gasteiger partial charge in [-0.25, -0.2) is 9.80 Å². The van der Waals surface area contributed by atoms with E-state index in [-0.39, 0.29) is 17.1 Å². The molecule has 0 spiro atoms. The van der Waals surface area contributed by atoms with E-state index in [0.717, 1.165) is 10.6 Å². The van der Waals surface area contributed by atoms with Gasteiger partial charge >= 0.3 is 6.09 Å². The molecule has 3 amide bonds. The molecule has 3 N–H and O–H groups in total. The topological polar surface area (TPSA) is 117 Å². The molecule has 2 aromatic rings. The van der Waals surface area contributed by atoms with Gasteiger partial charge in [-0.2, -0.15) is 0 Å². The number of hydrogen-bond acceptors (Lipinski definition) is 6. The van der Waals surface area contributed by atoms with Crippen LogP contribution in [0.15, 0.2) is 66.7 Å². The summed E-state index contributed by atoms with van der Waals surface area (Å²) < 4.78 is 5.66. The van der Waals surface area contributed by atoms with Gasteiger partial charge in [0.25, 0.3) is 11.8 Å². The van der Waals surface area contributed by atoms with Crippen LogP contribution in [0, 0.1) is 5.92 Å². The van der Waals surface area contributed by atoms with Gasteiger partial charge in [0.05, 0.1) is 6.04 Å². The standard InChI is InChI=1S/C34H46N4O5/c1-22(2)21-27(36-30(40)24-16-18-25(19-17-24)33(3,4)5)31(41)37-38(32(42)43-34(6,7)8)28(26-15-12-20-35-26)29(39)23-13-10-9-11-14-23/h9-19,22,26-28,35H,20-21H2,1-8H3,(H,36,40)(H,37,41)/t26-,27-,28?/m0/s1. The number of ether oxygens (including phenoxy) is 1. The van der Waals surface area contributed by atoms with Crippen LogP contribution in [0.5, 0.6) is 0 Å². The maximum atomic E-state index is 13.9. The minimum atomic E-state index is -1.15. The number of nitrogens with one attached hydrogen (secondary N) is 3. The van der Waals surface area contributed by atoms with Gasteiger partial charge in [-0.15, -0.1) is 0 Å². The highest BCUT2D eigenvalue weighted by atomic mass is 16.6. The van der Waals surface area contributed by atoms with Crippen LogP contribution in [-0.4, -0.2) is 59.0 Å². The molecule has 0 saturated heterocycles. The molecule has 9 heteroatoms. The number of hydrazine groups is 1. The summed E-state index contributed by atoms with van der Waals surface area (Å²) in [7, 11) is 0. The molecule has 0 radical (unpaired) electrons. The Morgan fingerprint density at radius 2 is 1.56 bits per heavy atom. The van der Waals surface area contributed by atoms with Crippen LogP contribution in [0.25, 0.3) is 0 Å². The zero-order valence-corrected chi connectivity index (χ0v) is 26.6. The van der Waals surface area contributed by atoms with Gasteiger partial charge < -0.3 is 15.4 Å². The van der Waals surface area contributed by atoms with E-state index >= 15 is 0 Å². The molecule has 0 fully saturated rings. The number of nitrogens with zero attached hydrogens (tertiary/aromatic N) is 1. The van der Waals surface area contributed by atoms with Crippen molar-refractivity contribution < 1.29 is 23.9 Å². The largest absolute Gasteiger partial charge is 0.442 e. The first kappa shape index (κ1) is 33.5. The van der Waals surface area contributed by atoms with Crippen molar-refractivity contribution in [2.75, 3.05) is 6.54 Å². The first-order chi connectivity index (χ1) is 20.1. The lowest BCUT2D eigenvalue weighted by Crippen LogP contribution is -2.64. The second-order valence-corrected chi connectivity index (χ2v) is 13.3. The predicted octanol–water partition coefficient (Wildman–Crippen LogP) is 5.18. The van der Waals surface area contributed by atoms with Crippen molar-refractivity contribution in [3.8, 4) is 0 Å². The molecule has 43 heavy (non-hydrogen) atoms. The van der Waals surface area contributed by atoms with E-state index in [0.29, 0.717) is 24.1 Å². The smallest absolute Gasteiger partial charge is 0.429 e. The van der Waals surface area contributed by atoms with Crippen LogP contribution in [0.1, 0.15) is 88.1 Å². The normalized spacial score (nSPS) is 16.3. The average Bonchev–Trinajstić information content (AvgIpc) is 3.45. The Morgan fingerprint density at radius 3 is 2.07 bits per heavy atom. The minimum absolute atomic E-state index is 0.0375. The van der Waals surface area contributed by atoms with Crippen LogP contribution < -0.4 is 16.1 Å². The van der Waals surface area contributed by atoms with E-state index in [9.17, 15) is 19.2 Å². The fourth-order valence-electron chi connectivity index (χ4n) is 4.72. The Labute approximate surface area is 255 Å². The van der Waals surface area contributed by atoms with Crippen LogP contribution >= 0.6 is 0 Å². The second kappa shape index (κ2) is 14.0. The number of ketones is 1. The lowest BCUT2D eigenvalue weighted by atomic mass is 9.86. The third-order valence-corrected chi connectivity index (χ3v) is 6.92. The second-order valence-electron chi connectivity index (χ2n) is 13.3. The summed E-state index contributed by atoms with van der Waals surface area (Å²) in [5.41, 5.74) is 3.57. The number of carbonyl (C=O) groups excluding carboxylic acids is 4. The Bertz CT molecular complexity index is 1310. The van der Waals surface area contributed by atoms with Crippen molar-refractivity contribution in [2.45, 2.75) is 91.0 Å². The third kappa shape index (κ3) is 9.51. The molecular weight excluding hydrogens is 544 g/mol. The van der Waals surface area contributed by atoms with Gasteiger partial charge in [-0.1, -0.05) is 89.2 Å². The molecule has 3 rings (SSSR count). The first-order valence-corrected chi connectivity index (χ1v) is 14.8. The van der Waals surface area contributed by atoms with Gasteiger partial charge in [0, 0.05) is 17.7 Å². The van der Waals surface area contributed by atoms with Crippen molar-refractivity contribution in [1.82, 2.24) is 21.1 Å². The fraction of sp³-hybridized carbons (Fsp3) is 0.471. The van der Waals surface area contributed by atoms with E-state index in [1.807, 2.05) is 32.1 Å². The molecule has 2 aromatic carbocycles. The molecular formula is C34H46N4O5. The lowest BCUT2D eigenvalue weighted by Gasteiger charge is -2.36. The highest BCUT2D eigenvalue weighted by Crippen LogP contribution is 2.23. The molecule has 0 aromatic heterocycles. The predicted molar refractivity (Wildman–Crippen MR) is 168 cm³/mol. The molecule has 0 aliphatic carbocycles. The number of hydrogen-bond donors (Lipinski definition) is 3. The van der Waals surface area contributed by atoms with E-state index in [1.54, 1.807) is 69.3 Å². The van der Waals surface area contributed by atoms with Gasteiger partial charge in [0.15, 0.2) is 5.78 Å². The Morgan fingerprint density at radius 1 is 0.930 bits per heavy atom. The third-order valence-electron chi connectivity index (χ3n) is 6.92. The molecule has 1 aliphatic rings. The van der Waals surface area contributed by atoms with Crippen LogP contribution in [0.2, 0.25) is 0 Å². The molecule has 0 saturated carbocycles. The molecule has 0 bridgehead atoms. The highest BCUT2D eigenvalue weighted by Gasteiger charge is 2.41. The average molecular weight is 591 g/mol. The number of amides is 3. The number of benzene rings is 2. The summed E-state index contributed by atoms with van der Waals surface area (Å²) in [5.74, 6) is -1.39. The van der Waals surface area contributed by atoms with Gasteiger partial charge in [0.1, 0.15) is 17.7 Å². The highest BCUT2D eigenvalue weighted by molar-refractivity contribution is 6.03. The van der Waals surface area contributed by atoms with Gasteiger partial charge in [0.2, 0.25) is 0 Å². The van der Waals surface area contributed by atoms with Gasteiger partial charge in [-0.3, -0.25) is 19.8 Å². The number of rotatable bonds is 9. The molecule has 1 aliphatic heterocycles. The van der Waals surface area contributed by atoms with Crippen LogP contribution in [-0.2, 0) is 14.9 Å². The zero-order valence-electron chi connectivity index (χ0n) is 26.6. The SMILES string of the molecule is CC(C)C[C@H](NC(=O)c1ccc(C(C)(C)C)cc1)C(=O)NN(C(=O)OC(C)(C)C)C(C(=O)c1ccccc1)[C@@H]1C=CCN1. The quantitative estimate of drug-likeness (QED) is 0.211. The van der Waals surface area contributed by atoms with E-state index in [2.05, 4.69) is 36.8 Å². The van der Waals surface area contributed by atoms with Crippen molar-refractivity contribution in [3.05, 3.63) is 83.4 Å². The minimum Gasteiger partial charge on any atom is -0.442 e. The number of Topliss-reactive ketones (excluding diaryl/α,β-unsaturated/α-hetero) is 1. The van der Waals surface area contributed by atoms with Crippen molar-refractivity contribution in [2.24, 2.45) is 5.92 Å². The molecule has 1 heterocycles. The zero-order chi connectivity index (χ0) is 31.9. The number of carbonyl (C=O) groups is 4. The Balaban J connectivity index is 1.94. The monoisotopic (exact) mass is 590 g/mol. The summed E-state index contributed by atoms with van der Waals surface area (Å²) in [6, 6.07) is 13.1. The summed E-state index contributed by atoms with van der Waals surface area (Å²) >= 11 is 0. The Hall–Kier alpha value is -3.98. The summed E-state index contributed by atoms with van der Waals surface area (Å²) in [6.07, 6.45) is 3.07. The van der Waals surface area contributed by atoms with Gasteiger partial charge in [-0.05, 0) is 56.2 Å². The first-order valence-electron chi connectivity index (χ1n) is 14.8. The van der Waals surface area contributed by atoms with E-state index in [4.69, 9.17) is 4.74 Å². The van der Waals surface area contributed by atoms with Crippen molar-refractivity contribution in [1.29, 1.82) is 0 Å². The van der Waals surface area contributed by atoms with Crippen LogP contribution in [0.4, 0.5) is 4.79 Å². The Kier molecular flexibility index (Phi) is 10.9. The summed E-state index contributed by atoms with van der Waals surface area (Å²) in [6.45, 7) is 15.8. The summed E-state index contributed by atoms with van der Waals surface area (Å²) in [5, 5.41) is 7.01.